The predicted molar refractivity (Wildman–Crippen MR) is 107 cm³/mol. The van der Waals surface area contributed by atoms with Crippen LogP contribution in [0.5, 0.6) is 0 Å². The number of para-hydroxylation sites is 1. The molecule has 0 spiro atoms. The van der Waals surface area contributed by atoms with E-state index in [4.69, 9.17) is 4.74 Å². The smallest absolute Gasteiger partial charge is 0.339 e. The van der Waals surface area contributed by atoms with Gasteiger partial charge in [-0.3, -0.25) is 4.79 Å². The zero-order valence-electron chi connectivity index (χ0n) is 15.8. The lowest BCUT2D eigenvalue weighted by atomic mass is 10.1. The van der Waals surface area contributed by atoms with Crippen LogP contribution in [0.15, 0.2) is 54.9 Å². The van der Waals surface area contributed by atoms with E-state index in [0.717, 1.165) is 11.3 Å². The Kier molecular flexibility index (Phi) is 5.64. The Hall–Kier alpha value is -3.74. The van der Waals surface area contributed by atoms with E-state index in [1.165, 1.54) is 25.1 Å². The van der Waals surface area contributed by atoms with Gasteiger partial charge in [-0.25, -0.2) is 14.8 Å². The lowest BCUT2D eigenvalue weighted by Gasteiger charge is -2.10. The molecule has 2 aromatic carbocycles. The van der Waals surface area contributed by atoms with Crippen LogP contribution in [0.4, 0.5) is 17.3 Å². The number of amides is 1. The standard InChI is InChI=1S/C21H20N4O3/c1-13-8-9-17(14(2)10-13)25-21-22-11-15(12-23-21)19(26)24-18-7-5-4-6-16(18)20(27)28-3/h4-12H,1-3H3,(H,24,26)(H,22,23,25). The van der Waals surface area contributed by atoms with E-state index >= 15 is 0 Å². The molecule has 28 heavy (non-hydrogen) atoms. The van der Waals surface area contributed by atoms with Crippen LogP contribution in [0.25, 0.3) is 0 Å². The number of ether oxygens (including phenoxy) is 1. The van der Waals surface area contributed by atoms with Crippen LogP contribution < -0.4 is 10.6 Å². The van der Waals surface area contributed by atoms with Gasteiger partial charge < -0.3 is 15.4 Å². The molecule has 0 atom stereocenters. The Morgan fingerprint density at radius 1 is 0.964 bits per heavy atom. The lowest BCUT2D eigenvalue weighted by molar-refractivity contribution is 0.0602. The number of anilines is 3. The Morgan fingerprint density at radius 3 is 2.36 bits per heavy atom. The molecule has 0 radical (unpaired) electrons. The van der Waals surface area contributed by atoms with Gasteiger partial charge in [-0.1, -0.05) is 29.8 Å². The molecule has 2 N–H and O–H groups in total. The molecule has 7 nitrogen and oxygen atoms in total. The Bertz CT molecular complexity index is 1020. The molecule has 0 aliphatic rings. The first-order chi connectivity index (χ1) is 13.5. The molecule has 0 saturated heterocycles. The first-order valence-corrected chi connectivity index (χ1v) is 8.63. The van der Waals surface area contributed by atoms with Crippen molar-refractivity contribution >= 4 is 29.2 Å². The third kappa shape index (κ3) is 4.32. The molecule has 0 saturated carbocycles. The predicted octanol–water partition coefficient (Wildman–Crippen LogP) is 3.88. The second-order valence-electron chi connectivity index (χ2n) is 6.23. The van der Waals surface area contributed by atoms with Crippen LogP contribution in [-0.2, 0) is 4.74 Å². The Labute approximate surface area is 162 Å². The third-order valence-corrected chi connectivity index (χ3v) is 4.12. The number of rotatable bonds is 5. The van der Waals surface area contributed by atoms with Gasteiger partial charge in [0.2, 0.25) is 5.95 Å². The average molecular weight is 376 g/mol. The highest BCUT2D eigenvalue weighted by molar-refractivity contribution is 6.07. The van der Waals surface area contributed by atoms with Gasteiger partial charge in [-0.2, -0.15) is 0 Å². The third-order valence-electron chi connectivity index (χ3n) is 4.12. The number of esters is 1. The van der Waals surface area contributed by atoms with Gasteiger partial charge in [-0.15, -0.1) is 0 Å². The molecule has 142 valence electrons. The fourth-order valence-corrected chi connectivity index (χ4v) is 2.66. The molecule has 1 amide bonds. The second-order valence-corrected chi connectivity index (χ2v) is 6.23. The van der Waals surface area contributed by atoms with Crippen LogP contribution in [-0.4, -0.2) is 29.0 Å². The number of benzene rings is 2. The second kappa shape index (κ2) is 8.30. The van der Waals surface area contributed by atoms with Gasteiger partial charge in [0.15, 0.2) is 0 Å². The van der Waals surface area contributed by atoms with E-state index in [1.807, 2.05) is 26.0 Å². The maximum Gasteiger partial charge on any atom is 0.339 e. The molecule has 1 aromatic heterocycles. The molecule has 0 aliphatic carbocycles. The number of nitrogens with one attached hydrogen (secondary N) is 2. The van der Waals surface area contributed by atoms with E-state index in [0.29, 0.717) is 11.6 Å². The number of hydrogen-bond acceptors (Lipinski definition) is 6. The van der Waals surface area contributed by atoms with Gasteiger partial charge in [0, 0.05) is 18.1 Å². The fourth-order valence-electron chi connectivity index (χ4n) is 2.66. The van der Waals surface area contributed by atoms with Crippen molar-refractivity contribution in [2.45, 2.75) is 13.8 Å². The molecule has 7 heteroatoms. The lowest BCUT2D eigenvalue weighted by Crippen LogP contribution is -2.16. The molecule has 3 aromatic rings. The zero-order chi connectivity index (χ0) is 20.1. The van der Waals surface area contributed by atoms with E-state index in [2.05, 4.69) is 26.7 Å². The minimum atomic E-state index is -0.528. The largest absolute Gasteiger partial charge is 0.465 e. The SMILES string of the molecule is COC(=O)c1ccccc1NC(=O)c1cnc(Nc2ccc(C)cc2C)nc1. The van der Waals surface area contributed by atoms with Gasteiger partial charge in [0.1, 0.15) is 0 Å². The summed E-state index contributed by atoms with van der Waals surface area (Å²) in [6.07, 6.45) is 2.85. The first kappa shape index (κ1) is 19.0. The quantitative estimate of drug-likeness (QED) is 0.657. The van der Waals surface area contributed by atoms with Crippen molar-refractivity contribution < 1.29 is 14.3 Å². The maximum absolute atomic E-state index is 12.5. The molecule has 0 aliphatic heterocycles. The molecule has 3 rings (SSSR count). The monoisotopic (exact) mass is 376 g/mol. The van der Waals surface area contributed by atoms with Gasteiger partial charge >= 0.3 is 5.97 Å². The number of methoxy groups -OCH3 is 1. The summed E-state index contributed by atoms with van der Waals surface area (Å²) in [4.78, 5) is 32.7. The highest BCUT2D eigenvalue weighted by atomic mass is 16.5. The fraction of sp³-hybridized carbons (Fsp3) is 0.143. The maximum atomic E-state index is 12.5. The summed E-state index contributed by atoms with van der Waals surface area (Å²) in [7, 11) is 1.29. The van der Waals surface area contributed by atoms with E-state index in [9.17, 15) is 9.59 Å². The van der Waals surface area contributed by atoms with Crippen LogP contribution in [0.2, 0.25) is 0 Å². The Morgan fingerprint density at radius 2 is 1.68 bits per heavy atom. The molecular formula is C21H20N4O3. The van der Waals surface area contributed by atoms with E-state index < -0.39 is 11.9 Å². The summed E-state index contributed by atoms with van der Waals surface area (Å²) in [5, 5.41) is 5.82. The van der Waals surface area contributed by atoms with Crippen molar-refractivity contribution in [1.29, 1.82) is 0 Å². The summed E-state index contributed by atoms with van der Waals surface area (Å²) in [5.74, 6) is -0.562. The van der Waals surface area contributed by atoms with Gasteiger partial charge in [0.25, 0.3) is 5.91 Å². The van der Waals surface area contributed by atoms with Crippen molar-refractivity contribution in [2.24, 2.45) is 0 Å². The van der Waals surface area contributed by atoms with Gasteiger partial charge in [0.05, 0.1) is 23.9 Å². The highest BCUT2D eigenvalue weighted by Crippen LogP contribution is 2.20. The van der Waals surface area contributed by atoms with Crippen LogP contribution >= 0.6 is 0 Å². The summed E-state index contributed by atoms with van der Waals surface area (Å²) in [6, 6.07) is 12.6. The summed E-state index contributed by atoms with van der Waals surface area (Å²) < 4.78 is 4.73. The number of aromatic nitrogens is 2. The number of nitrogens with zero attached hydrogens (tertiary/aromatic N) is 2. The Balaban J connectivity index is 1.73. The number of aryl methyl sites for hydroxylation is 2. The minimum Gasteiger partial charge on any atom is -0.465 e. The number of carbonyl (C=O) groups excluding carboxylic acids is 2. The first-order valence-electron chi connectivity index (χ1n) is 8.63. The van der Waals surface area contributed by atoms with Crippen LogP contribution in [0.3, 0.4) is 0 Å². The van der Waals surface area contributed by atoms with Crippen molar-refractivity contribution in [2.75, 3.05) is 17.7 Å². The van der Waals surface area contributed by atoms with Crippen molar-refractivity contribution in [3.8, 4) is 0 Å². The normalized spacial score (nSPS) is 10.2. The van der Waals surface area contributed by atoms with E-state index in [-0.39, 0.29) is 11.1 Å². The summed E-state index contributed by atoms with van der Waals surface area (Å²) >= 11 is 0. The van der Waals surface area contributed by atoms with Gasteiger partial charge in [-0.05, 0) is 37.6 Å². The van der Waals surface area contributed by atoms with Crippen molar-refractivity contribution in [1.82, 2.24) is 9.97 Å². The van der Waals surface area contributed by atoms with E-state index in [1.54, 1.807) is 24.3 Å². The van der Waals surface area contributed by atoms with Crippen LogP contribution in [0.1, 0.15) is 31.8 Å². The molecular weight excluding hydrogens is 356 g/mol. The summed E-state index contributed by atoms with van der Waals surface area (Å²) in [6.45, 7) is 4.02. The average Bonchev–Trinajstić information content (AvgIpc) is 2.70. The topological polar surface area (TPSA) is 93.2 Å². The molecule has 1 heterocycles. The molecule has 0 bridgehead atoms. The van der Waals surface area contributed by atoms with Crippen molar-refractivity contribution in [3.63, 3.8) is 0 Å². The summed E-state index contributed by atoms with van der Waals surface area (Å²) in [5.41, 5.74) is 4.04. The van der Waals surface area contributed by atoms with Crippen LogP contribution in [0, 0.1) is 13.8 Å². The number of hydrogen-bond donors (Lipinski definition) is 2. The molecule has 0 unspecified atom stereocenters. The molecule has 0 fully saturated rings. The zero-order valence-corrected chi connectivity index (χ0v) is 15.8. The minimum absolute atomic E-state index is 0.269. The number of carbonyl (C=O) groups is 2. The van der Waals surface area contributed by atoms with Crippen molar-refractivity contribution in [3.05, 3.63) is 77.1 Å². The highest BCUT2D eigenvalue weighted by Gasteiger charge is 2.15.